The van der Waals surface area contributed by atoms with Crippen LogP contribution in [0.5, 0.6) is 0 Å². The molecule has 1 N–H and O–H groups in total. The number of halogens is 3. The molecule has 1 heterocycles. The summed E-state index contributed by atoms with van der Waals surface area (Å²) in [5.41, 5.74) is 0.516. The minimum absolute atomic E-state index is 0.124. The predicted molar refractivity (Wildman–Crippen MR) is 97.4 cm³/mol. The lowest BCUT2D eigenvalue weighted by Crippen LogP contribution is -2.50. The van der Waals surface area contributed by atoms with E-state index in [0.29, 0.717) is 44.8 Å². The molecule has 1 aliphatic rings. The van der Waals surface area contributed by atoms with Gasteiger partial charge in [0.25, 0.3) is 11.8 Å². The number of nitrogens with one attached hydrogen (secondary N) is 1. The fraction of sp³-hybridized carbons (Fsp3) is 0.300. The van der Waals surface area contributed by atoms with Crippen molar-refractivity contribution in [2.24, 2.45) is 0 Å². The molecule has 0 spiro atoms. The molecule has 0 unspecified atom stereocenters. The van der Waals surface area contributed by atoms with Gasteiger partial charge in [0.1, 0.15) is 5.82 Å². The van der Waals surface area contributed by atoms with Gasteiger partial charge in [0.05, 0.1) is 0 Å². The summed E-state index contributed by atoms with van der Waals surface area (Å²) in [5, 5.41) is 2.78. The van der Waals surface area contributed by atoms with E-state index in [0.717, 1.165) is 12.1 Å². The van der Waals surface area contributed by atoms with Crippen LogP contribution in [0.25, 0.3) is 0 Å². The number of benzene rings is 2. The minimum atomic E-state index is -1.04. The Morgan fingerprint density at radius 3 is 2.14 bits per heavy atom. The van der Waals surface area contributed by atoms with Crippen molar-refractivity contribution in [2.45, 2.75) is 0 Å². The molecular formula is C20H20F3N3O2. The quantitative estimate of drug-likeness (QED) is 0.851. The maximum atomic E-state index is 13.3. The second-order valence-electron chi connectivity index (χ2n) is 6.53. The smallest absolute Gasteiger partial charge is 0.254 e. The van der Waals surface area contributed by atoms with Crippen molar-refractivity contribution in [1.29, 1.82) is 0 Å². The third-order valence-electron chi connectivity index (χ3n) is 4.65. The Labute approximate surface area is 160 Å². The lowest BCUT2D eigenvalue weighted by atomic mass is 10.1. The Kier molecular flexibility index (Phi) is 6.30. The van der Waals surface area contributed by atoms with E-state index in [1.165, 1.54) is 30.3 Å². The fourth-order valence-corrected chi connectivity index (χ4v) is 3.02. The third-order valence-corrected chi connectivity index (χ3v) is 4.65. The van der Waals surface area contributed by atoms with E-state index in [-0.39, 0.29) is 17.4 Å². The highest BCUT2D eigenvalue weighted by atomic mass is 19.2. The maximum absolute atomic E-state index is 13.3. The first-order valence-corrected chi connectivity index (χ1v) is 8.94. The molecule has 2 amide bonds. The second-order valence-corrected chi connectivity index (χ2v) is 6.53. The number of hydrogen-bond acceptors (Lipinski definition) is 3. The van der Waals surface area contributed by atoms with Crippen molar-refractivity contribution in [3.05, 3.63) is 71.0 Å². The lowest BCUT2D eigenvalue weighted by Gasteiger charge is -2.34. The van der Waals surface area contributed by atoms with Crippen LogP contribution in [0.1, 0.15) is 20.7 Å². The Bertz CT molecular complexity index is 850. The molecule has 5 nitrogen and oxygen atoms in total. The average molecular weight is 391 g/mol. The van der Waals surface area contributed by atoms with Gasteiger partial charge in [-0.25, -0.2) is 13.2 Å². The first kappa shape index (κ1) is 19.9. The molecule has 0 radical (unpaired) electrons. The van der Waals surface area contributed by atoms with Crippen molar-refractivity contribution < 1.29 is 22.8 Å². The summed E-state index contributed by atoms with van der Waals surface area (Å²) in [7, 11) is 0. The van der Waals surface area contributed by atoms with Crippen molar-refractivity contribution in [3.63, 3.8) is 0 Å². The Morgan fingerprint density at radius 1 is 0.857 bits per heavy atom. The highest BCUT2D eigenvalue weighted by molar-refractivity contribution is 5.94. The third kappa shape index (κ3) is 4.89. The molecule has 148 valence electrons. The Morgan fingerprint density at radius 2 is 1.50 bits per heavy atom. The van der Waals surface area contributed by atoms with Crippen LogP contribution in [-0.4, -0.2) is 60.9 Å². The van der Waals surface area contributed by atoms with Gasteiger partial charge < -0.3 is 10.2 Å². The van der Waals surface area contributed by atoms with Crippen LogP contribution in [0.2, 0.25) is 0 Å². The Balaban J connectivity index is 1.42. The van der Waals surface area contributed by atoms with Gasteiger partial charge >= 0.3 is 0 Å². The fourth-order valence-electron chi connectivity index (χ4n) is 3.02. The molecule has 1 fully saturated rings. The number of hydrogen-bond donors (Lipinski definition) is 1. The van der Waals surface area contributed by atoms with Crippen LogP contribution in [0.15, 0.2) is 42.5 Å². The molecule has 0 aliphatic carbocycles. The second kappa shape index (κ2) is 8.88. The van der Waals surface area contributed by atoms with E-state index in [1.807, 2.05) is 0 Å². The summed E-state index contributed by atoms with van der Waals surface area (Å²) < 4.78 is 39.2. The number of piperazine rings is 1. The van der Waals surface area contributed by atoms with Gasteiger partial charge in [-0.15, -0.1) is 0 Å². The van der Waals surface area contributed by atoms with Gasteiger partial charge in [0.2, 0.25) is 0 Å². The van der Waals surface area contributed by atoms with Crippen LogP contribution >= 0.6 is 0 Å². The zero-order valence-electron chi connectivity index (χ0n) is 15.1. The van der Waals surface area contributed by atoms with Gasteiger partial charge in [-0.1, -0.05) is 0 Å². The van der Waals surface area contributed by atoms with Crippen LogP contribution in [0, 0.1) is 17.5 Å². The number of nitrogens with zero attached hydrogens (tertiary/aromatic N) is 2. The molecule has 1 saturated heterocycles. The number of carbonyl (C=O) groups excluding carboxylic acids is 2. The zero-order valence-corrected chi connectivity index (χ0v) is 15.1. The number of carbonyl (C=O) groups is 2. The molecule has 2 aromatic carbocycles. The van der Waals surface area contributed by atoms with E-state index in [9.17, 15) is 22.8 Å². The highest BCUT2D eigenvalue weighted by Crippen LogP contribution is 2.13. The Hall–Kier alpha value is -2.87. The molecule has 1 aliphatic heterocycles. The molecular weight excluding hydrogens is 371 g/mol. The zero-order chi connectivity index (χ0) is 20.1. The first-order chi connectivity index (χ1) is 13.4. The molecule has 0 atom stereocenters. The van der Waals surface area contributed by atoms with E-state index >= 15 is 0 Å². The van der Waals surface area contributed by atoms with Gasteiger partial charge in [-0.3, -0.25) is 14.5 Å². The lowest BCUT2D eigenvalue weighted by molar-refractivity contribution is 0.0637. The molecule has 8 heteroatoms. The first-order valence-electron chi connectivity index (χ1n) is 8.94. The van der Waals surface area contributed by atoms with Crippen molar-refractivity contribution >= 4 is 11.8 Å². The minimum Gasteiger partial charge on any atom is -0.351 e. The SMILES string of the molecule is O=C(NCCN1CCN(C(=O)c2ccc(F)c(F)c2)CC1)c1ccc(F)cc1. The summed E-state index contributed by atoms with van der Waals surface area (Å²) in [6, 6.07) is 8.45. The summed E-state index contributed by atoms with van der Waals surface area (Å²) in [6.45, 7) is 3.19. The van der Waals surface area contributed by atoms with Crippen LogP contribution in [-0.2, 0) is 0 Å². The van der Waals surface area contributed by atoms with Crippen molar-refractivity contribution in [3.8, 4) is 0 Å². The maximum Gasteiger partial charge on any atom is 0.254 e. The van der Waals surface area contributed by atoms with E-state index in [1.54, 1.807) is 4.90 Å². The van der Waals surface area contributed by atoms with Gasteiger partial charge in [0.15, 0.2) is 11.6 Å². The van der Waals surface area contributed by atoms with Crippen molar-refractivity contribution in [1.82, 2.24) is 15.1 Å². The summed E-state index contributed by atoms with van der Waals surface area (Å²) in [6.07, 6.45) is 0. The highest BCUT2D eigenvalue weighted by Gasteiger charge is 2.22. The van der Waals surface area contributed by atoms with E-state index in [2.05, 4.69) is 10.2 Å². The monoisotopic (exact) mass is 391 g/mol. The van der Waals surface area contributed by atoms with Crippen LogP contribution in [0.3, 0.4) is 0 Å². The number of amides is 2. The molecule has 2 aromatic rings. The average Bonchev–Trinajstić information content (AvgIpc) is 2.70. The summed E-state index contributed by atoms with van der Waals surface area (Å²) in [4.78, 5) is 28.1. The number of rotatable bonds is 5. The predicted octanol–water partition coefficient (Wildman–Crippen LogP) is 2.29. The molecule has 0 bridgehead atoms. The summed E-state index contributed by atoms with van der Waals surface area (Å²) in [5.74, 6) is -3.02. The van der Waals surface area contributed by atoms with Crippen molar-refractivity contribution in [2.75, 3.05) is 39.3 Å². The standard InChI is InChI=1S/C20H20F3N3O2/c21-16-4-1-14(2-5-16)19(27)24-7-8-25-9-11-26(12-10-25)20(28)15-3-6-17(22)18(23)13-15/h1-6,13H,7-12H2,(H,24,27). The van der Waals surface area contributed by atoms with Gasteiger partial charge in [-0.05, 0) is 42.5 Å². The van der Waals surface area contributed by atoms with Gasteiger partial charge in [0, 0.05) is 50.4 Å². The van der Waals surface area contributed by atoms with Gasteiger partial charge in [-0.2, -0.15) is 0 Å². The van der Waals surface area contributed by atoms with E-state index in [4.69, 9.17) is 0 Å². The molecule has 3 rings (SSSR count). The molecule has 0 saturated carbocycles. The molecule has 28 heavy (non-hydrogen) atoms. The molecule has 0 aromatic heterocycles. The summed E-state index contributed by atoms with van der Waals surface area (Å²) >= 11 is 0. The topological polar surface area (TPSA) is 52.7 Å². The largest absolute Gasteiger partial charge is 0.351 e. The van der Waals surface area contributed by atoms with E-state index < -0.39 is 17.5 Å². The normalized spacial score (nSPS) is 14.8. The van der Waals surface area contributed by atoms with Crippen LogP contribution in [0.4, 0.5) is 13.2 Å². The van der Waals surface area contributed by atoms with Crippen LogP contribution < -0.4 is 5.32 Å².